The van der Waals surface area contributed by atoms with Gasteiger partial charge in [-0.1, -0.05) is 104 Å². The molecule has 4 amide bonds. The zero-order chi connectivity index (χ0) is 30.6. The van der Waals surface area contributed by atoms with Crippen molar-refractivity contribution in [2.75, 3.05) is 6.54 Å². The van der Waals surface area contributed by atoms with Crippen LogP contribution in [0.25, 0.3) is 0 Å². The number of carboxylic acid groups (broad SMARTS) is 1. The maximum atomic E-state index is 13.3. The fraction of sp³-hybridized carbons (Fsp3) is 0.273. The molecule has 0 aliphatic rings. The number of imide groups is 1. The third-order valence-corrected chi connectivity index (χ3v) is 7.04. The molecular formula is C33H36N4O6. The van der Waals surface area contributed by atoms with E-state index in [1.54, 1.807) is 0 Å². The summed E-state index contributed by atoms with van der Waals surface area (Å²) in [5.74, 6) is -0.684. The van der Waals surface area contributed by atoms with Crippen molar-refractivity contribution in [2.45, 2.75) is 50.8 Å². The molecule has 3 aromatic carbocycles. The van der Waals surface area contributed by atoms with E-state index in [4.69, 9.17) is 4.42 Å². The highest BCUT2D eigenvalue weighted by Gasteiger charge is 2.31. The summed E-state index contributed by atoms with van der Waals surface area (Å²) in [7, 11) is 0. The van der Waals surface area contributed by atoms with Gasteiger partial charge in [0.2, 0.25) is 5.89 Å². The van der Waals surface area contributed by atoms with Crippen LogP contribution in [0.1, 0.15) is 71.4 Å². The number of hydrogen-bond donors (Lipinski definition) is 4. The van der Waals surface area contributed by atoms with E-state index < -0.39 is 36.2 Å². The van der Waals surface area contributed by atoms with E-state index in [0.29, 0.717) is 24.2 Å². The predicted molar refractivity (Wildman–Crippen MR) is 160 cm³/mol. The summed E-state index contributed by atoms with van der Waals surface area (Å²) in [6, 6.07) is 26.2. The standard InChI is InChI=1S/C33H36N4O6/c1-2-3-21-37(33(41)42)32(40)35-26(20-19-23-13-7-4-8-14-23)29(38)31-34-27(22-43-31)30(39)36-28(24-15-9-5-10-16-24)25-17-11-6-12-18-25/h4-18,22,26,28-29,38H,2-3,19-21H2,1H3,(H,35,40)(H,36,39)(H,41,42)/t26-,29?/m0/s1. The zero-order valence-corrected chi connectivity index (χ0v) is 23.9. The summed E-state index contributed by atoms with van der Waals surface area (Å²) in [5, 5.41) is 26.5. The summed E-state index contributed by atoms with van der Waals surface area (Å²) in [5.41, 5.74) is 2.67. The molecule has 0 bridgehead atoms. The largest absolute Gasteiger partial charge is 0.465 e. The summed E-state index contributed by atoms with van der Waals surface area (Å²) < 4.78 is 5.52. The number of aliphatic hydroxyl groups excluding tert-OH is 1. The van der Waals surface area contributed by atoms with E-state index in [-0.39, 0.29) is 24.6 Å². The van der Waals surface area contributed by atoms with Crippen LogP contribution < -0.4 is 10.6 Å². The molecule has 4 aromatic rings. The highest BCUT2D eigenvalue weighted by Crippen LogP contribution is 2.24. The Morgan fingerprint density at radius 3 is 2.02 bits per heavy atom. The second-order valence-electron chi connectivity index (χ2n) is 10.1. The minimum absolute atomic E-state index is 0.0203. The van der Waals surface area contributed by atoms with Gasteiger partial charge in [-0.25, -0.2) is 19.5 Å². The van der Waals surface area contributed by atoms with E-state index in [1.807, 2.05) is 97.9 Å². The molecule has 0 saturated heterocycles. The van der Waals surface area contributed by atoms with E-state index in [2.05, 4.69) is 15.6 Å². The van der Waals surface area contributed by atoms with E-state index in [9.17, 15) is 24.6 Å². The fourth-order valence-electron chi connectivity index (χ4n) is 4.67. The molecule has 43 heavy (non-hydrogen) atoms. The average molecular weight is 585 g/mol. The van der Waals surface area contributed by atoms with Gasteiger partial charge in [-0.3, -0.25) is 4.79 Å². The second kappa shape index (κ2) is 15.3. The Kier molecular flexibility index (Phi) is 11.0. The van der Waals surface area contributed by atoms with Crippen molar-refractivity contribution >= 4 is 18.0 Å². The van der Waals surface area contributed by atoms with Crippen molar-refractivity contribution in [3.05, 3.63) is 126 Å². The van der Waals surface area contributed by atoms with Gasteiger partial charge in [0.25, 0.3) is 5.91 Å². The maximum absolute atomic E-state index is 13.3. The average Bonchev–Trinajstić information content (AvgIpc) is 3.53. The summed E-state index contributed by atoms with van der Waals surface area (Å²) >= 11 is 0. The Labute approximate surface area is 250 Å². The van der Waals surface area contributed by atoms with Crippen LogP contribution >= 0.6 is 0 Å². The Morgan fingerprint density at radius 1 is 0.884 bits per heavy atom. The lowest BCUT2D eigenvalue weighted by molar-refractivity contribution is 0.0916. The smallest absolute Gasteiger partial charge is 0.415 e. The van der Waals surface area contributed by atoms with Crippen LogP contribution in [0.15, 0.2) is 102 Å². The second-order valence-corrected chi connectivity index (χ2v) is 10.1. The van der Waals surface area contributed by atoms with Crippen molar-refractivity contribution in [1.82, 2.24) is 20.5 Å². The van der Waals surface area contributed by atoms with Gasteiger partial charge in [0.05, 0.1) is 12.1 Å². The molecule has 2 atom stereocenters. The molecule has 4 N–H and O–H groups in total. The molecule has 0 aliphatic carbocycles. The Balaban J connectivity index is 1.53. The monoisotopic (exact) mass is 584 g/mol. The minimum atomic E-state index is -1.45. The first-order valence-corrected chi connectivity index (χ1v) is 14.3. The number of unbranched alkanes of at least 4 members (excludes halogenated alkanes) is 1. The number of nitrogens with one attached hydrogen (secondary N) is 2. The van der Waals surface area contributed by atoms with Gasteiger partial charge in [-0.2, -0.15) is 0 Å². The van der Waals surface area contributed by atoms with Crippen LogP contribution in [0, 0.1) is 0 Å². The molecular weight excluding hydrogens is 548 g/mol. The highest BCUT2D eigenvalue weighted by atomic mass is 16.4. The zero-order valence-electron chi connectivity index (χ0n) is 23.9. The van der Waals surface area contributed by atoms with Crippen LogP contribution in [0.2, 0.25) is 0 Å². The minimum Gasteiger partial charge on any atom is -0.465 e. The van der Waals surface area contributed by atoms with Crippen molar-refractivity contribution in [3.63, 3.8) is 0 Å². The molecule has 10 heteroatoms. The maximum Gasteiger partial charge on any atom is 0.415 e. The molecule has 1 aromatic heterocycles. The first-order valence-electron chi connectivity index (χ1n) is 14.3. The topological polar surface area (TPSA) is 145 Å². The number of carbonyl (C=O) groups excluding carboxylic acids is 2. The van der Waals surface area contributed by atoms with Crippen molar-refractivity contribution in [1.29, 1.82) is 0 Å². The molecule has 224 valence electrons. The summed E-state index contributed by atoms with van der Waals surface area (Å²) in [4.78, 5) is 43.0. The van der Waals surface area contributed by atoms with Gasteiger partial charge in [-0.05, 0) is 36.0 Å². The van der Waals surface area contributed by atoms with Gasteiger partial charge in [0, 0.05) is 6.54 Å². The normalized spacial score (nSPS) is 12.3. The van der Waals surface area contributed by atoms with Crippen molar-refractivity contribution in [3.8, 4) is 0 Å². The van der Waals surface area contributed by atoms with Crippen LogP contribution in [0.5, 0.6) is 0 Å². The van der Waals surface area contributed by atoms with E-state index in [1.165, 1.54) is 0 Å². The number of amides is 4. The summed E-state index contributed by atoms with van der Waals surface area (Å²) in [6.45, 7) is 1.91. The van der Waals surface area contributed by atoms with Gasteiger partial charge < -0.3 is 25.3 Å². The van der Waals surface area contributed by atoms with E-state index >= 15 is 0 Å². The van der Waals surface area contributed by atoms with Crippen molar-refractivity contribution in [2.24, 2.45) is 0 Å². The quantitative estimate of drug-likeness (QED) is 0.157. The first kappa shape index (κ1) is 31.0. The number of carbonyl (C=O) groups is 3. The number of urea groups is 1. The van der Waals surface area contributed by atoms with Gasteiger partial charge >= 0.3 is 12.1 Å². The molecule has 0 saturated carbocycles. The lowest BCUT2D eigenvalue weighted by Crippen LogP contribution is -2.49. The van der Waals surface area contributed by atoms with E-state index in [0.717, 1.165) is 23.0 Å². The van der Waals surface area contributed by atoms with Crippen molar-refractivity contribution < 1.29 is 29.0 Å². The Bertz CT molecular complexity index is 1420. The number of oxazole rings is 1. The number of benzene rings is 3. The molecule has 0 radical (unpaired) electrons. The molecule has 0 fully saturated rings. The van der Waals surface area contributed by atoms with Crippen LogP contribution in [-0.2, 0) is 6.42 Å². The summed E-state index contributed by atoms with van der Waals surface area (Å²) in [6.07, 6.45) is 0.261. The lowest BCUT2D eigenvalue weighted by atomic mass is 9.98. The number of rotatable bonds is 13. The lowest BCUT2D eigenvalue weighted by Gasteiger charge is -2.25. The van der Waals surface area contributed by atoms with Crippen LogP contribution in [0.3, 0.4) is 0 Å². The highest BCUT2D eigenvalue weighted by molar-refractivity contribution is 5.92. The van der Waals surface area contributed by atoms with Crippen LogP contribution in [-0.4, -0.2) is 50.7 Å². The molecule has 4 rings (SSSR count). The number of nitrogens with zero attached hydrogens (tertiary/aromatic N) is 2. The molecule has 1 unspecified atom stereocenters. The molecule has 1 heterocycles. The molecule has 0 aliphatic heterocycles. The number of aromatic nitrogens is 1. The fourth-order valence-corrected chi connectivity index (χ4v) is 4.67. The Hall–Kier alpha value is -4.96. The SMILES string of the molecule is CCCCN(C(=O)O)C(=O)N[C@@H](CCc1ccccc1)C(O)c1nc(C(=O)NC(c2ccccc2)c2ccccc2)co1. The van der Waals surface area contributed by atoms with Gasteiger partial charge in [0.15, 0.2) is 11.8 Å². The Morgan fingerprint density at radius 2 is 1.47 bits per heavy atom. The molecule has 10 nitrogen and oxygen atoms in total. The predicted octanol–water partition coefficient (Wildman–Crippen LogP) is 5.72. The third kappa shape index (κ3) is 8.52. The first-order chi connectivity index (χ1) is 20.9. The number of aliphatic hydroxyl groups is 1. The van der Waals surface area contributed by atoms with Crippen LogP contribution in [0.4, 0.5) is 9.59 Å². The molecule has 0 spiro atoms. The van der Waals surface area contributed by atoms with Gasteiger partial charge in [0.1, 0.15) is 6.26 Å². The number of aryl methyl sites for hydroxylation is 1. The van der Waals surface area contributed by atoms with Gasteiger partial charge in [-0.15, -0.1) is 0 Å². The third-order valence-electron chi connectivity index (χ3n) is 7.04. The number of hydrogen-bond acceptors (Lipinski definition) is 6.